The van der Waals surface area contributed by atoms with Crippen LogP contribution in [0.2, 0.25) is 0 Å². The summed E-state index contributed by atoms with van der Waals surface area (Å²) in [6.07, 6.45) is 3.20. The monoisotopic (exact) mass is 235 g/mol. The average Bonchev–Trinajstić information content (AvgIpc) is 2.15. The Hall–Kier alpha value is -1.25. The molecule has 1 aliphatic rings. The topological polar surface area (TPSA) is 107 Å². The summed E-state index contributed by atoms with van der Waals surface area (Å²) < 4.78 is 35.7. The van der Waals surface area contributed by atoms with Crippen molar-refractivity contribution in [3.63, 3.8) is 0 Å². The van der Waals surface area contributed by atoms with Gasteiger partial charge in [0.25, 0.3) is 0 Å². The van der Waals surface area contributed by atoms with E-state index in [4.69, 9.17) is 4.55 Å². The van der Waals surface area contributed by atoms with Gasteiger partial charge in [0.15, 0.2) is 6.10 Å². The third-order valence-electron chi connectivity index (χ3n) is 2.09. The summed E-state index contributed by atoms with van der Waals surface area (Å²) in [5.74, 6) is 0. The van der Waals surface area contributed by atoms with Gasteiger partial charge in [0.05, 0.1) is 4.92 Å². The Morgan fingerprint density at radius 2 is 2.13 bits per heavy atom. The smallest absolute Gasteiger partial charge is 0.368 e. The number of hydrogen-bond acceptors (Lipinski definition) is 5. The molecule has 1 N–H and O–H groups in total. The number of nitrogens with zero attached hydrogens (tertiary/aromatic N) is 1. The number of allylic oxidation sites excluding steroid dienone is 2. The van der Waals surface area contributed by atoms with Gasteiger partial charge in [-0.25, -0.2) is 0 Å². The molecule has 0 spiro atoms. The molecule has 84 valence electrons. The second-order valence-electron chi connectivity index (χ2n) is 2.88. The maximum atomic E-state index is 11.1. The molecule has 0 aromatic rings. The fourth-order valence-electron chi connectivity index (χ4n) is 1.33. The molecule has 0 saturated carbocycles. The van der Waals surface area contributed by atoms with E-state index < -0.39 is 26.0 Å². The molecule has 0 amide bonds. The lowest BCUT2D eigenvalue weighted by Crippen LogP contribution is -2.54. The fraction of sp³-hybridized carbons (Fsp3) is 0.429. The maximum absolute atomic E-state index is 11.1. The van der Waals surface area contributed by atoms with Gasteiger partial charge in [0, 0.05) is 13.2 Å². The van der Waals surface area contributed by atoms with Crippen LogP contribution in [0.1, 0.15) is 0 Å². The van der Waals surface area contributed by atoms with Crippen molar-refractivity contribution in [2.45, 2.75) is 11.0 Å². The van der Waals surface area contributed by atoms with Crippen molar-refractivity contribution in [2.75, 3.05) is 7.11 Å². The summed E-state index contributed by atoms with van der Waals surface area (Å²) in [5.41, 5.74) is 0. The van der Waals surface area contributed by atoms with Crippen molar-refractivity contribution in [3.05, 3.63) is 34.4 Å². The van der Waals surface area contributed by atoms with Crippen LogP contribution in [0.25, 0.3) is 0 Å². The van der Waals surface area contributed by atoms with E-state index >= 15 is 0 Å². The number of hydrogen-bond donors (Lipinski definition) is 1. The predicted molar refractivity (Wildman–Crippen MR) is 50.4 cm³/mol. The Bertz CT molecular complexity index is 425. The second kappa shape index (κ2) is 3.72. The third-order valence-corrected chi connectivity index (χ3v) is 3.44. The van der Waals surface area contributed by atoms with Crippen LogP contribution in [0.4, 0.5) is 0 Å². The summed E-state index contributed by atoms with van der Waals surface area (Å²) in [4.78, 5) is 7.05. The number of ether oxygens (including phenoxy) is 1. The van der Waals surface area contributed by atoms with Crippen LogP contribution in [0.15, 0.2) is 24.3 Å². The van der Waals surface area contributed by atoms with Crippen LogP contribution in [0.5, 0.6) is 0 Å². The molecule has 0 radical (unpaired) electrons. The normalized spacial score (nSPS) is 30.4. The Kier molecular flexibility index (Phi) is 2.93. The quantitative estimate of drug-likeness (QED) is 0.418. The summed E-state index contributed by atoms with van der Waals surface area (Å²) in [5, 5.41) is 10.8. The lowest BCUT2D eigenvalue weighted by Gasteiger charge is -2.26. The van der Waals surface area contributed by atoms with Crippen LogP contribution in [0, 0.1) is 10.1 Å². The molecule has 0 fully saturated rings. The zero-order chi connectivity index (χ0) is 11.7. The van der Waals surface area contributed by atoms with E-state index in [1.54, 1.807) is 0 Å². The van der Waals surface area contributed by atoms with E-state index in [1.807, 2.05) is 0 Å². The van der Waals surface area contributed by atoms with Crippen LogP contribution >= 0.6 is 0 Å². The maximum Gasteiger partial charge on any atom is 0.390 e. The molecule has 15 heavy (non-hydrogen) atoms. The summed E-state index contributed by atoms with van der Waals surface area (Å²) in [6, 6.07) is 0. The minimum absolute atomic E-state index is 0.788. The molecule has 0 bridgehead atoms. The van der Waals surface area contributed by atoms with E-state index in [1.165, 1.54) is 18.2 Å². The van der Waals surface area contributed by atoms with Gasteiger partial charge in [0.1, 0.15) is 0 Å². The van der Waals surface area contributed by atoms with Crippen molar-refractivity contribution >= 4 is 10.1 Å². The molecular weight excluding hydrogens is 226 g/mol. The highest BCUT2D eigenvalue weighted by Gasteiger charge is 2.60. The summed E-state index contributed by atoms with van der Waals surface area (Å²) in [6.45, 7) is 0. The van der Waals surface area contributed by atoms with Gasteiger partial charge < -0.3 is 4.74 Å². The highest BCUT2D eigenvalue weighted by molar-refractivity contribution is 7.87. The van der Waals surface area contributed by atoms with E-state index in [2.05, 4.69) is 4.74 Å². The standard InChI is InChI=1S/C7H9NO6S/c1-14-6-4-2-3-5-7(6,8(9)10)15(11,12)13/h2-6H,1H3,(H,11,12,13). The molecular formula is C7H9NO6S. The van der Waals surface area contributed by atoms with E-state index in [0.717, 1.165) is 13.2 Å². The second-order valence-corrected chi connectivity index (χ2v) is 4.49. The molecule has 1 rings (SSSR count). The molecule has 2 atom stereocenters. The first-order chi connectivity index (χ1) is 6.86. The molecule has 1 aliphatic carbocycles. The molecule has 0 aromatic carbocycles. The van der Waals surface area contributed by atoms with Gasteiger partial charge in [-0.15, -0.1) is 0 Å². The molecule has 7 nitrogen and oxygen atoms in total. The van der Waals surface area contributed by atoms with Gasteiger partial charge >= 0.3 is 15.0 Å². The molecule has 0 aliphatic heterocycles. The van der Waals surface area contributed by atoms with Crippen molar-refractivity contribution in [1.82, 2.24) is 0 Å². The first kappa shape index (κ1) is 11.8. The Balaban J connectivity index is 3.41. The van der Waals surface area contributed by atoms with Crippen LogP contribution < -0.4 is 0 Å². The number of rotatable bonds is 3. The number of methoxy groups -OCH3 is 1. The fourth-order valence-corrected chi connectivity index (χ4v) is 2.24. The molecule has 0 saturated heterocycles. The SMILES string of the molecule is COC1C=CC=CC1([N+](=O)[O-])S(=O)(=O)O. The van der Waals surface area contributed by atoms with Crippen LogP contribution in [0.3, 0.4) is 0 Å². The molecule has 0 heterocycles. The van der Waals surface area contributed by atoms with E-state index in [0.29, 0.717) is 0 Å². The van der Waals surface area contributed by atoms with Crippen molar-refractivity contribution < 1.29 is 22.6 Å². The Labute approximate surface area is 85.9 Å². The summed E-state index contributed by atoms with van der Waals surface area (Å²) >= 11 is 0. The first-order valence-electron chi connectivity index (χ1n) is 3.86. The lowest BCUT2D eigenvalue weighted by atomic mass is 10.1. The van der Waals surface area contributed by atoms with Gasteiger partial charge in [-0.3, -0.25) is 14.7 Å². The van der Waals surface area contributed by atoms with Gasteiger partial charge in [0.2, 0.25) is 0 Å². The molecule has 0 aromatic heterocycles. The van der Waals surface area contributed by atoms with E-state index in [9.17, 15) is 18.5 Å². The lowest BCUT2D eigenvalue weighted by molar-refractivity contribution is -0.538. The van der Waals surface area contributed by atoms with Crippen molar-refractivity contribution in [1.29, 1.82) is 0 Å². The third kappa shape index (κ3) is 1.66. The van der Waals surface area contributed by atoms with E-state index in [-0.39, 0.29) is 0 Å². The number of nitro groups is 1. The van der Waals surface area contributed by atoms with Gasteiger partial charge in [-0.2, -0.15) is 8.42 Å². The van der Waals surface area contributed by atoms with Gasteiger partial charge in [-0.05, 0) is 6.08 Å². The predicted octanol–water partition coefficient (Wildman–Crippen LogP) is -0.0118. The zero-order valence-electron chi connectivity index (χ0n) is 7.73. The molecule has 2 unspecified atom stereocenters. The van der Waals surface area contributed by atoms with Gasteiger partial charge in [-0.1, -0.05) is 12.2 Å². The Morgan fingerprint density at radius 1 is 1.53 bits per heavy atom. The first-order valence-corrected chi connectivity index (χ1v) is 5.30. The Morgan fingerprint density at radius 3 is 2.47 bits per heavy atom. The minimum atomic E-state index is -4.91. The van der Waals surface area contributed by atoms with Crippen LogP contribution in [-0.2, 0) is 14.9 Å². The average molecular weight is 235 g/mol. The minimum Gasteiger partial charge on any atom is -0.368 e. The highest BCUT2D eigenvalue weighted by atomic mass is 32.2. The van der Waals surface area contributed by atoms with Crippen molar-refractivity contribution in [2.24, 2.45) is 0 Å². The van der Waals surface area contributed by atoms with Crippen molar-refractivity contribution in [3.8, 4) is 0 Å². The highest BCUT2D eigenvalue weighted by Crippen LogP contribution is 2.29. The largest absolute Gasteiger partial charge is 0.390 e. The summed E-state index contributed by atoms with van der Waals surface area (Å²) in [7, 11) is -3.79. The van der Waals surface area contributed by atoms with Crippen LogP contribution in [-0.4, -0.2) is 36.0 Å². The molecule has 8 heteroatoms. The zero-order valence-corrected chi connectivity index (χ0v) is 8.55.